The second-order valence-corrected chi connectivity index (χ2v) is 4.48. The number of ketones is 1. The standard InChI is InChI=1S/C10H15NO2S/c1-4-13-10(2,3)9(12)5-8-6-11-7-14-8/h6-7H,4-5H2,1-3H3. The fourth-order valence-electron chi connectivity index (χ4n) is 1.14. The van der Waals surface area contributed by atoms with Crippen molar-refractivity contribution in [1.82, 2.24) is 4.98 Å². The van der Waals surface area contributed by atoms with Crippen molar-refractivity contribution in [3.8, 4) is 0 Å². The minimum atomic E-state index is -0.682. The van der Waals surface area contributed by atoms with Gasteiger partial charge in [0.2, 0.25) is 0 Å². The van der Waals surface area contributed by atoms with Gasteiger partial charge in [-0.05, 0) is 20.8 Å². The van der Waals surface area contributed by atoms with Crippen LogP contribution in [0.4, 0.5) is 0 Å². The molecule has 0 amide bonds. The molecule has 0 atom stereocenters. The van der Waals surface area contributed by atoms with Crippen molar-refractivity contribution in [2.24, 2.45) is 0 Å². The molecule has 3 nitrogen and oxygen atoms in total. The second-order valence-electron chi connectivity index (χ2n) is 3.51. The van der Waals surface area contributed by atoms with Crippen LogP contribution in [-0.4, -0.2) is 23.0 Å². The highest BCUT2D eigenvalue weighted by molar-refractivity contribution is 7.09. The number of thiazole rings is 1. The van der Waals surface area contributed by atoms with Crippen molar-refractivity contribution in [3.63, 3.8) is 0 Å². The zero-order chi connectivity index (χ0) is 10.6. The van der Waals surface area contributed by atoms with Gasteiger partial charge >= 0.3 is 0 Å². The smallest absolute Gasteiger partial charge is 0.169 e. The second kappa shape index (κ2) is 4.66. The van der Waals surface area contributed by atoms with Crippen molar-refractivity contribution in [1.29, 1.82) is 0 Å². The van der Waals surface area contributed by atoms with Gasteiger partial charge in [0.1, 0.15) is 5.60 Å². The molecule has 0 spiro atoms. The van der Waals surface area contributed by atoms with Gasteiger partial charge < -0.3 is 4.74 Å². The first-order chi connectivity index (χ1) is 6.56. The van der Waals surface area contributed by atoms with E-state index in [-0.39, 0.29) is 5.78 Å². The third-order valence-corrected chi connectivity index (χ3v) is 2.77. The number of aromatic nitrogens is 1. The van der Waals surface area contributed by atoms with Gasteiger partial charge in [-0.25, -0.2) is 0 Å². The summed E-state index contributed by atoms with van der Waals surface area (Å²) in [5.74, 6) is 0.101. The first-order valence-electron chi connectivity index (χ1n) is 4.61. The fourth-order valence-corrected chi connectivity index (χ4v) is 1.74. The molecule has 0 aromatic carbocycles. The molecule has 1 aromatic heterocycles. The molecule has 0 bridgehead atoms. The SMILES string of the molecule is CCOC(C)(C)C(=O)Cc1cncs1. The van der Waals surface area contributed by atoms with Crippen LogP contribution < -0.4 is 0 Å². The van der Waals surface area contributed by atoms with Crippen LogP contribution in [0, 0.1) is 0 Å². The zero-order valence-electron chi connectivity index (χ0n) is 8.74. The summed E-state index contributed by atoms with van der Waals surface area (Å²) in [6, 6.07) is 0. The lowest BCUT2D eigenvalue weighted by Gasteiger charge is -2.22. The zero-order valence-corrected chi connectivity index (χ0v) is 9.56. The highest BCUT2D eigenvalue weighted by Crippen LogP contribution is 2.16. The Morgan fingerprint density at radius 3 is 2.86 bits per heavy atom. The van der Waals surface area contributed by atoms with Gasteiger partial charge in [0.25, 0.3) is 0 Å². The van der Waals surface area contributed by atoms with Crippen LogP contribution in [0.2, 0.25) is 0 Å². The van der Waals surface area contributed by atoms with Gasteiger partial charge in [-0.3, -0.25) is 9.78 Å². The minimum Gasteiger partial charge on any atom is -0.368 e. The molecular weight excluding hydrogens is 198 g/mol. The molecule has 0 radical (unpaired) electrons. The van der Waals surface area contributed by atoms with Crippen molar-refractivity contribution >= 4 is 17.1 Å². The first-order valence-corrected chi connectivity index (χ1v) is 5.49. The molecule has 0 N–H and O–H groups in total. The Labute approximate surface area is 88.1 Å². The maximum atomic E-state index is 11.8. The van der Waals surface area contributed by atoms with E-state index in [0.29, 0.717) is 13.0 Å². The number of hydrogen-bond acceptors (Lipinski definition) is 4. The normalized spacial score (nSPS) is 11.6. The summed E-state index contributed by atoms with van der Waals surface area (Å²) in [7, 11) is 0. The van der Waals surface area contributed by atoms with Crippen LogP contribution in [0.5, 0.6) is 0 Å². The van der Waals surface area contributed by atoms with E-state index < -0.39 is 5.60 Å². The van der Waals surface area contributed by atoms with E-state index in [0.717, 1.165) is 4.88 Å². The number of nitrogens with zero attached hydrogens (tertiary/aromatic N) is 1. The number of Topliss-reactive ketones (excluding diaryl/α,β-unsaturated/α-hetero) is 1. The molecule has 0 unspecified atom stereocenters. The fraction of sp³-hybridized carbons (Fsp3) is 0.600. The largest absolute Gasteiger partial charge is 0.368 e. The van der Waals surface area contributed by atoms with E-state index in [2.05, 4.69) is 4.98 Å². The van der Waals surface area contributed by atoms with Crippen molar-refractivity contribution < 1.29 is 9.53 Å². The summed E-state index contributed by atoms with van der Waals surface area (Å²) < 4.78 is 5.37. The average molecular weight is 213 g/mol. The van der Waals surface area contributed by atoms with Gasteiger partial charge in [0.05, 0.1) is 5.51 Å². The van der Waals surface area contributed by atoms with E-state index in [1.807, 2.05) is 6.92 Å². The Morgan fingerprint density at radius 1 is 1.64 bits per heavy atom. The molecule has 1 rings (SSSR count). The van der Waals surface area contributed by atoms with Gasteiger partial charge in [0, 0.05) is 24.1 Å². The molecule has 0 saturated heterocycles. The highest BCUT2D eigenvalue weighted by Gasteiger charge is 2.27. The van der Waals surface area contributed by atoms with Crippen molar-refractivity contribution in [2.45, 2.75) is 32.8 Å². The molecule has 0 aliphatic rings. The Bertz CT molecular complexity index is 293. The summed E-state index contributed by atoms with van der Waals surface area (Å²) in [5, 5.41) is 0. The highest BCUT2D eigenvalue weighted by atomic mass is 32.1. The van der Waals surface area contributed by atoms with Gasteiger partial charge in [-0.1, -0.05) is 0 Å². The topological polar surface area (TPSA) is 39.2 Å². The minimum absolute atomic E-state index is 0.101. The van der Waals surface area contributed by atoms with Crippen LogP contribution in [-0.2, 0) is 16.0 Å². The lowest BCUT2D eigenvalue weighted by molar-refractivity contribution is -0.139. The summed E-state index contributed by atoms with van der Waals surface area (Å²) in [4.78, 5) is 16.7. The first kappa shape index (κ1) is 11.3. The summed E-state index contributed by atoms with van der Waals surface area (Å²) >= 11 is 1.50. The molecule has 0 saturated carbocycles. The van der Waals surface area contributed by atoms with Crippen molar-refractivity contribution in [3.05, 3.63) is 16.6 Å². The maximum Gasteiger partial charge on any atom is 0.169 e. The molecule has 1 heterocycles. The Hall–Kier alpha value is -0.740. The molecule has 0 aliphatic carbocycles. The Balaban J connectivity index is 2.57. The summed E-state index contributed by atoms with van der Waals surface area (Å²) in [6.07, 6.45) is 2.14. The van der Waals surface area contributed by atoms with Crippen LogP contribution in [0.1, 0.15) is 25.6 Å². The van der Waals surface area contributed by atoms with E-state index in [9.17, 15) is 4.79 Å². The van der Waals surface area contributed by atoms with E-state index in [4.69, 9.17) is 4.74 Å². The Kier molecular flexibility index (Phi) is 3.77. The lowest BCUT2D eigenvalue weighted by atomic mass is 10.0. The molecule has 0 fully saturated rings. The average Bonchev–Trinajstić information content (AvgIpc) is 2.56. The van der Waals surface area contributed by atoms with Crippen molar-refractivity contribution in [2.75, 3.05) is 6.61 Å². The summed E-state index contributed by atoms with van der Waals surface area (Å²) in [5.41, 5.74) is 1.05. The third kappa shape index (κ3) is 2.89. The molecule has 14 heavy (non-hydrogen) atoms. The Morgan fingerprint density at radius 2 is 2.36 bits per heavy atom. The molecule has 78 valence electrons. The molecular formula is C10H15NO2S. The van der Waals surface area contributed by atoms with Gasteiger partial charge in [-0.2, -0.15) is 0 Å². The van der Waals surface area contributed by atoms with Crippen LogP contribution >= 0.6 is 11.3 Å². The van der Waals surface area contributed by atoms with E-state index in [1.165, 1.54) is 11.3 Å². The number of hydrogen-bond donors (Lipinski definition) is 0. The van der Waals surface area contributed by atoms with E-state index in [1.54, 1.807) is 25.6 Å². The van der Waals surface area contributed by atoms with Gasteiger partial charge in [-0.15, -0.1) is 11.3 Å². The molecule has 0 aliphatic heterocycles. The monoisotopic (exact) mass is 213 g/mol. The number of carbonyl (C=O) groups is 1. The molecule has 4 heteroatoms. The predicted octanol–water partition coefficient (Wildman–Crippen LogP) is 2.07. The maximum absolute atomic E-state index is 11.8. The predicted molar refractivity (Wildman–Crippen MR) is 56.5 cm³/mol. The van der Waals surface area contributed by atoms with E-state index >= 15 is 0 Å². The molecule has 1 aromatic rings. The van der Waals surface area contributed by atoms with Crippen LogP contribution in [0.25, 0.3) is 0 Å². The number of carbonyl (C=O) groups excluding carboxylic acids is 1. The lowest BCUT2D eigenvalue weighted by Crippen LogP contribution is -2.36. The number of ether oxygens (including phenoxy) is 1. The quantitative estimate of drug-likeness (QED) is 0.751. The number of rotatable bonds is 5. The van der Waals surface area contributed by atoms with Gasteiger partial charge in [0.15, 0.2) is 5.78 Å². The van der Waals surface area contributed by atoms with Crippen LogP contribution in [0.3, 0.4) is 0 Å². The summed E-state index contributed by atoms with van der Waals surface area (Å²) in [6.45, 7) is 6.06. The van der Waals surface area contributed by atoms with Crippen LogP contribution in [0.15, 0.2) is 11.7 Å². The third-order valence-electron chi connectivity index (χ3n) is 1.99.